The standard InChI is InChI=1S/C21H24O4/c1-23-18-12-11-17-16(21(18)24-15-9-5-6-10-15)13-19(25-17)20(22)14-7-3-2-4-8-14/h2-4,7-8,11-12,15,19-20,22H,5-6,9-10,13H2,1H3. The summed E-state index contributed by atoms with van der Waals surface area (Å²) in [6.07, 6.45) is 4.49. The van der Waals surface area contributed by atoms with E-state index in [9.17, 15) is 5.11 Å². The van der Waals surface area contributed by atoms with Crippen LogP contribution in [0.3, 0.4) is 0 Å². The van der Waals surface area contributed by atoms with Gasteiger partial charge in [0, 0.05) is 12.0 Å². The number of methoxy groups -OCH3 is 1. The van der Waals surface area contributed by atoms with Crippen LogP contribution in [0.25, 0.3) is 0 Å². The molecule has 1 aliphatic carbocycles. The zero-order chi connectivity index (χ0) is 17.2. The minimum Gasteiger partial charge on any atom is -0.493 e. The fourth-order valence-corrected chi connectivity index (χ4v) is 3.80. The molecular weight excluding hydrogens is 316 g/mol. The van der Waals surface area contributed by atoms with Crippen LogP contribution >= 0.6 is 0 Å². The Balaban J connectivity index is 1.59. The van der Waals surface area contributed by atoms with E-state index in [0.717, 1.165) is 41.2 Å². The molecule has 4 heteroatoms. The van der Waals surface area contributed by atoms with E-state index in [-0.39, 0.29) is 12.2 Å². The normalized spacial score (nSPS) is 20.8. The third kappa shape index (κ3) is 3.19. The predicted molar refractivity (Wildman–Crippen MR) is 95.4 cm³/mol. The Kier molecular flexibility index (Phi) is 4.53. The minimum absolute atomic E-state index is 0.249. The van der Waals surface area contributed by atoms with Crippen molar-refractivity contribution in [2.75, 3.05) is 7.11 Å². The SMILES string of the molecule is COc1ccc2c(c1OC1CCCC1)CC(C(O)c1ccccc1)O2. The van der Waals surface area contributed by atoms with Crippen LogP contribution in [0.2, 0.25) is 0 Å². The van der Waals surface area contributed by atoms with Crippen LogP contribution in [0, 0.1) is 0 Å². The van der Waals surface area contributed by atoms with Crippen LogP contribution in [0.15, 0.2) is 42.5 Å². The van der Waals surface area contributed by atoms with Crippen molar-refractivity contribution in [3.63, 3.8) is 0 Å². The quantitative estimate of drug-likeness (QED) is 0.892. The average Bonchev–Trinajstić information content (AvgIpc) is 3.31. The van der Waals surface area contributed by atoms with Crippen molar-refractivity contribution in [3.05, 3.63) is 53.6 Å². The summed E-state index contributed by atoms with van der Waals surface area (Å²) in [6, 6.07) is 13.4. The molecule has 2 atom stereocenters. The summed E-state index contributed by atoms with van der Waals surface area (Å²) in [5.74, 6) is 2.31. The monoisotopic (exact) mass is 340 g/mol. The van der Waals surface area contributed by atoms with Gasteiger partial charge in [0.25, 0.3) is 0 Å². The van der Waals surface area contributed by atoms with Gasteiger partial charge in [0.15, 0.2) is 11.5 Å². The molecular formula is C21H24O4. The van der Waals surface area contributed by atoms with Crippen LogP contribution in [-0.4, -0.2) is 24.4 Å². The molecule has 1 saturated carbocycles. The molecule has 1 aliphatic heterocycles. The van der Waals surface area contributed by atoms with E-state index < -0.39 is 6.10 Å². The summed E-state index contributed by atoms with van der Waals surface area (Å²) in [5.41, 5.74) is 1.87. The van der Waals surface area contributed by atoms with Gasteiger partial charge in [0.05, 0.1) is 13.2 Å². The fourth-order valence-electron chi connectivity index (χ4n) is 3.80. The summed E-state index contributed by atoms with van der Waals surface area (Å²) in [4.78, 5) is 0. The van der Waals surface area contributed by atoms with Gasteiger partial charge in [0.2, 0.25) is 0 Å². The van der Waals surface area contributed by atoms with Gasteiger partial charge in [-0.2, -0.15) is 0 Å². The highest BCUT2D eigenvalue weighted by Crippen LogP contribution is 2.45. The molecule has 1 fully saturated rings. The molecule has 0 amide bonds. The molecule has 1 heterocycles. The summed E-state index contributed by atoms with van der Waals surface area (Å²) < 4.78 is 17.8. The lowest BCUT2D eigenvalue weighted by Crippen LogP contribution is -2.23. The van der Waals surface area contributed by atoms with E-state index in [1.165, 1.54) is 12.8 Å². The topological polar surface area (TPSA) is 47.9 Å². The van der Waals surface area contributed by atoms with Crippen LogP contribution in [0.5, 0.6) is 17.2 Å². The average molecular weight is 340 g/mol. The molecule has 0 saturated heterocycles. The first-order valence-corrected chi connectivity index (χ1v) is 9.02. The first kappa shape index (κ1) is 16.3. The van der Waals surface area contributed by atoms with E-state index >= 15 is 0 Å². The number of rotatable bonds is 5. The van der Waals surface area contributed by atoms with E-state index in [2.05, 4.69) is 0 Å². The van der Waals surface area contributed by atoms with Crippen molar-refractivity contribution < 1.29 is 19.3 Å². The molecule has 0 aromatic heterocycles. The molecule has 2 aromatic carbocycles. The van der Waals surface area contributed by atoms with E-state index in [1.807, 2.05) is 42.5 Å². The highest BCUT2D eigenvalue weighted by molar-refractivity contribution is 5.56. The van der Waals surface area contributed by atoms with Crippen molar-refractivity contribution in [2.45, 2.75) is 50.4 Å². The van der Waals surface area contributed by atoms with Gasteiger partial charge >= 0.3 is 0 Å². The molecule has 4 nitrogen and oxygen atoms in total. The third-order valence-electron chi connectivity index (χ3n) is 5.16. The second kappa shape index (κ2) is 6.96. The van der Waals surface area contributed by atoms with Gasteiger partial charge in [-0.1, -0.05) is 30.3 Å². The Morgan fingerprint density at radius 2 is 1.84 bits per heavy atom. The number of aliphatic hydroxyl groups is 1. The largest absolute Gasteiger partial charge is 0.493 e. The second-order valence-electron chi connectivity index (χ2n) is 6.81. The first-order valence-electron chi connectivity index (χ1n) is 9.02. The number of hydrogen-bond donors (Lipinski definition) is 1. The predicted octanol–water partition coefficient (Wildman–Crippen LogP) is 4.05. The Bertz CT molecular complexity index is 722. The summed E-state index contributed by atoms with van der Waals surface area (Å²) >= 11 is 0. The van der Waals surface area contributed by atoms with Crippen molar-refractivity contribution in [1.82, 2.24) is 0 Å². The van der Waals surface area contributed by atoms with Crippen LogP contribution in [0.4, 0.5) is 0 Å². The van der Waals surface area contributed by atoms with Gasteiger partial charge in [-0.05, 0) is 43.4 Å². The zero-order valence-electron chi connectivity index (χ0n) is 14.5. The van der Waals surface area contributed by atoms with Gasteiger partial charge in [-0.25, -0.2) is 0 Å². The van der Waals surface area contributed by atoms with Crippen LogP contribution in [0.1, 0.15) is 42.9 Å². The summed E-state index contributed by atoms with van der Waals surface area (Å²) in [6.45, 7) is 0. The Morgan fingerprint density at radius 3 is 2.56 bits per heavy atom. The molecule has 0 bridgehead atoms. The Labute approximate surface area is 148 Å². The molecule has 25 heavy (non-hydrogen) atoms. The summed E-state index contributed by atoms with van der Waals surface area (Å²) in [5, 5.41) is 10.7. The van der Waals surface area contributed by atoms with Gasteiger partial charge < -0.3 is 19.3 Å². The molecule has 1 N–H and O–H groups in total. The second-order valence-corrected chi connectivity index (χ2v) is 6.81. The molecule has 4 rings (SSSR count). The van der Waals surface area contributed by atoms with Crippen LogP contribution in [-0.2, 0) is 6.42 Å². The van der Waals surface area contributed by atoms with Gasteiger partial charge in [-0.3, -0.25) is 0 Å². The molecule has 132 valence electrons. The highest BCUT2D eigenvalue weighted by atomic mass is 16.5. The van der Waals surface area contributed by atoms with Crippen molar-refractivity contribution >= 4 is 0 Å². The number of ether oxygens (including phenoxy) is 3. The maximum atomic E-state index is 10.7. The maximum absolute atomic E-state index is 10.7. The molecule has 2 unspecified atom stereocenters. The van der Waals surface area contributed by atoms with Crippen LogP contribution < -0.4 is 14.2 Å². The van der Waals surface area contributed by atoms with Crippen molar-refractivity contribution in [2.24, 2.45) is 0 Å². The zero-order valence-corrected chi connectivity index (χ0v) is 14.5. The number of fused-ring (bicyclic) bond motifs is 1. The lowest BCUT2D eigenvalue weighted by Gasteiger charge is -2.18. The highest BCUT2D eigenvalue weighted by Gasteiger charge is 2.34. The number of hydrogen-bond acceptors (Lipinski definition) is 4. The smallest absolute Gasteiger partial charge is 0.168 e. The Hall–Kier alpha value is -2.20. The fraction of sp³-hybridized carbons (Fsp3) is 0.429. The number of benzene rings is 2. The van der Waals surface area contributed by atoms with Gasteiger partial charge in [0.1, 0.15) is 18.0 Å². The van der Waals surface area contributed by atoms with E-state index in [0.29, 0.717) is 6.42 Å². The first-order chi connectivity index (χ1) is 12.3. The third-order valence-corrected chi connectivity index (χ3v) is 5.16. The molecule has 0 spiro atoms. The minimum atomic E-state index is -0.668. The summed E-state index contributed by atoms with van der Waals surface area (Å²) in [7, 11) is 1.66. The lowest BCUT2D eigenvalue weighted by molar-refractivity contribution is 0.0491. The van der Waals surface area contributed by atoms with Crippen molar-refractivity contribution in [3.8, 4) is 17.2 Å². The van der Waals surface area contributed by atoms with Gasteiger partial charge in [-0.15, -0.1) is 0 Å². The number of aliphatic hydroxyl groups excluding tert-OH is 1. The van der Waals surface area contributed by atoms with E-state index in [1.54, 1.807) is 7.11 Å². The molecule has 2 aromatic rings. The molecule has 0 radical (unpaired) electrons. The van der Waals surface area contributed by atoms with Crippen molar-refractivity contribution in [1.29, 1.82) is 0 Å². The molecule has 2 aliphatic rings. The van der Waals surface area contributed by atoms with E-state index in [4.69, 9.17) is 14.2 Å². The Morgan fingerprint density at radius 1 is 1.08 bits per heavy atom. The lowest BCUT2D eigenvalue weighted by atomic mass is 9.99. The maximum Gasteiger partial charge on any atom is 0.168 e.